The molecule has 1 saturated heterocycles. The van der Waals surface area contributed by atoms with E-state index >= 15 is 0 Å². The van der Waals surface area contributed by atoms with Crippen molar-refractivity contribution in [1.82, 2.24) is 9.80 Å². The van der Waals surface area contributed by atoms with Crippen molar-refractivity contribution in [3.05, 3.63) is 0 Å². The molecule has 0 aromatic rings. The number of thiocarbonyl (C=S) groups is 1. The van der Waals surface area contributed by atoms with E-state index in [9.17, 15) is 8.42 Å². The summed E-state index contributed by atoms with van der Waals surface area (Å²) < 4.78 is 23.5. The van der Waals surface area contributed by atoms with E-state index in [-0.39, 0.29) is 11.8 Å². The molecule has 7 heteroatoms. The van der Waals surface area contributed by atoms with E-state index in [1.807, 2.05) is 6.92 Å². The van der Waals surface area contributed by atoms with Crippen molar-refractivity contribution in [3.63, 3.8) is 0 Å². The lowest BCUT2D eigenvalue weighted by Crippen LogP contribution is -2.53. The average molecular weight is 322 g/mol. The van der Waals surface area contributed by atoms with E-state index < -0.39 is 14.6 Å². The zero-order chi connectivity index (χ0) is 15.6. The summed E-state index contributed by atoms with van der Waals surface area (Å²) in [6.07, 6.45) is 0. The Hall–Kier alpha value is -0.240. The zero-order valence-corrected chi connectivity index (χ0v) is 14.6. The highest BCUT2D eigenvalue weighted by molar-refractivity contribution is 7.92. The summed E-state index contributed by atoms with van der Waals surface area (Å²) in [5.41, 5.74) is 5.66. The molecule has 0 bridgehead atoms. The first-order chi connectivity index (χ1) is 9.04. The first-order valence-corrected chi connectivity index (χ1v) is 9.08. The summed E-state index contributed by atoms with van der Waals surface area (Å²) in [4.78, 5) is 4.97. The molecule has 0 saturated carbocycles. The molecule has 0 aromatic heterocycles. The number of nitrogens with zero attached hydrogens (tertiary/aromatic N) is 2. The van der Waals surface area contributed by atoms with Gasteiger partial charge in [-0.1, -0.05) is 12.2 Å². The van der Waals surface area contributed by atoms with Crippen LogP contribution in [0, 0.1) is 0 Å². The van der Waals surface area contributed by atoms with Crippen molar-refractivity contribution >= 4 is 27.0 Å². The lowest BCUT2D eigenvalue weighted by atomic mass is 10.2. The van der Waals surface area contributed by atoms with Gasteiger partial charge in [-0.2, -0.15) is 0 Å². The smallest absolute Gasteiger partial charge is 0.156 e. The van der Waals surface area contributed by atoms with Crippen LogP contribution < -0.4 is 5.73 Å². The van der Waals surface area contributed by atoms with Gasteiger partial charge in [-0.3, -0.25) is 9.80 Å². The minimum atomic E-state index is -3.04. The van der Waals surface area contributed by atoms with E-state index in [0.717, 1.165) is 26.2 Å². The molecule has 0 aliphatic carbocycles. The highest BCUT2D eigenvalue weighted by Crippen LogP contribution is 2.16. The number of hydrogen-bond donors (Lipinski definition) is 1. The van der Waals surface area contributed by atoms with E-state index in [1.54, 1.807) is 20.8 Å². The molecule has 1 fully saturated rings. The monoisotopic (exact) mass is 321 g/mol. The molecule has 1 unspecified atom stereocenters. The third kappa shape index (κ3) is 4.65. The second-order valence-corrected chi connectivity index (χ2v) is 9.72. The molecule has 0 aromatic carbocycles. The Morgan fingerprint density at radius 1 is 1.25 bits per heavy atom. The van der Waals surface area contributed by atoms with Crippen LogP contribution in [0.1, 0.15) is 27.7 Å². The van der Waals surface area contributed by atoms with Crippen molar-refractivity contribution in [2.75, 3.05) is 38.5 Å². The largest absolute Gasteiger partial charge is 0.392 e. The van der Waals surface area contributed by atoms with Gasteiger partial charge in [0.05, 0.1) is 21.5 Å². The third-order valence-electron chi connectivity index (χ3n) is 3.98. The SMILES string of the molecule is CC(C(N)=S)N1CCN(CCS(=O)(=O)C(C)(C)C)CC1. The highest BCUT2D eigenvalue weighted by atomic mass is 32.2. The van der Waals surface area contributed by atoms with Crippen LogP contribution in [0.5, 0.6) is 0 Å². The fourth-order valence-corrected chi connectivity index (χ4v) is 3.37. The highest BCUT2D eigenvalue weighted by Gasteiger charge is 2.30. The van der Waals surface area contributed by atoms with Gasteiger partial charge in [-0.25, -0.2) is 8.42 Å². The number of sulfone groups is 1. The minimum Gasteiger partial charge on any atom is -0.392 e. The van der Waals surface area contributed by atoms with Crippen molar-refractivity contribution < 1.29 is 8.42 Å². The van der Waals surface area contributed by atoms with Crippen LogP contribution in [0.25, 0.3) is 0 Å². The standard InChI is InChI=1S/C13H27N3O2S2/c1-11(12(14)19)16-7-5-15(6-8-16)9-10-20(17,18)13(2,3)4/h11H,5-10H2,1-4H3,(H2,14,19). The fraction of sp³-hybridized carbons (Fsp3) is 0.923. The average Bonchev–Trinajstić information content (AvgIpc) is 2.34. The van der Waals surface area contributed by atoms with E-state index in [1.165, 1.54) is 0 Å². The van der Waals surface area contributed by atoms with Gasteiger partial charge in [0.15, 0.2) is 9.84 Å². The zero-order valence-electron chi connectivity index (χ0n) is 12.9. The maximum Gasteiger partial charge on any atom is 0.156 e. The molecular formula is C13H27N3O2S2. The molecule has 0 spiro atoms. The number of piperazine rings is 1. The summed E-state index contributed by atoms with van der Waals surface area (Å²) in [5.74, 6) is 0.224. The van der Waals surface area contributed by atoms with Crippen LogP contribution >= 0.6 is 12.2 Å². The molecule has 1 aliphatic heterocycles. The summed E-state index contributed by atoms with van der Waals surface area (Å²) in [6.45, 7) is 11.4. The number of nitrogens with two attached hydrogens (primary N) is 1. The maximum atomic E-state index is 12.1. The second kappa shape index (κ2) is 6.68. The van der Waals surface area contributed by atoms with Crippen LogP contribution in [0.2, 0.25) is 0 Å². The second-order valence-electron chi connectivity index (χ2n) is 6.39. The predicted octanol–water partition coefficient (Wildman–Crippen LogP) is 0.492. The van der Waals surface area contributed by atoms with Crippen LogP contribution in [-0.4, -0.2) is 72.5 Å². The van der Waals surface area contributed by atoms with Crippen molar-refractivity contribution in [2.45, 2.75) is 38.5 Å². The molecule has 1 aliphatic rings. The van der Waals surface area contributed by atoms with Gasteiger partial charge < -0.3 is 5.73 Å². The van der Waals surface area contributed by atoms with Crippen LogP contribution in [0.3, 0.4) is 0 Å². The predicted molar refractivity (Wildman–Crippen MR) is 87.8 cm³/mol. The van der Waals surface area contributed by atoms with Gasteiger partial charge >= 0.3 is 0 Å². The summed E-state index contributed by atoms with van der Waals surface area (Å²) >= 11 is 5.01. The van der Waals surface area contributed by atoms with Crippen LogP contribution in [0.15, 0.2) is 0 Å². The first-order valence-electron chi connectivity index (χ1n) is 7.02. The minimum absolute atomic E-state index is 0.116. The van der Waals surface area contributed by atoms with Crippen LogP contribution in [-0.2, 0) is 9.84 Å². The molecular weight excluding hydrogens is 294 g/mol. The molecule has 0 amide bonds. The topological polar surface area (TPSA) is 66.6 Å². The lowest BCUT2D eigenvalue weighted by molar-refractivity contribution is 0.128. The van der Waals surface area contributed by atoms with Gasteiger partial charge in [0.2, 0.25) is 0 Å². The Kier molecular flexibility index (Phi) is 5.95. The molecule has 0 radical (unpaired) electrons. The Balaban J connectivity index is 2.43. The normalized spacial score (nSPS) is 20.8. The van der Waals surface area contributed by atoms with Gasteiger partial charge in [-0.15, -0.1) is 0 Å². The summed E-state index contributed by atoms with van der Waals surface area (Å²) in [7, 11) is -3.04. The Bertz CT molecular complexity index is 435. The van der Waals surface area contributed by atoms with Crippen molar-refractivity contribution in [2.24, 2.45) is 5.73 Å². The van der Waals surface area contributed by atoms with E-state index in [2.05, 4.69) is 9.80 Å². The molecule has 1 atom stereocenters. The van der Waals surface area contributed by atoms with Crippen molar-refractivity contribution in [3.8, 4) is 0 Å². The molecule has 20 heavy (non-hydrogen) atoms. The lowest BCUT2D eigenvalue weighted by Gasteiger charge is -2.37. The molecule has 1 rings (SSSR count). The molecule has 5 nitrogen and oxygen atoms in total. The van der Waals surface area contributed by atoms with Gasteiger partial charge in [0.1, 0.15) is 0 Å². The van der Waals surface area contributed by atoms with Crippen molar-refractivity contribution in [1.29, 1.82) is 0 Å². The molecule has 1 heterocycles. The van der Waals surface area contributed by atoms with Gasteiger partial charge in [0, 0.05) is 32.7 Å². The maximum absolute atomic E-state index is 12.1. The van der Waals surface area contributed by atoms with Gasteiger partial charge in [0.25, 0.3) is 0 Å². The quantitative estimate of drug-likeness (QED) is 0.744. The van der Waals surface area contributed by atoms with Gasteiger partial charge in [-0.05, 0) is 27.7 Å². The number of rotatable bonds is 5. The number of hydrogen-bond acceptors (Lipinski definition) is 5. The molecule has 118 valence electrons. The Labute approximate surface area is 128 Å². The first kappa shape index (κ1) is 17.8. The Morgan fingerprint density at radius 2 is 1.75 bits per heavy atom. The van der Waals surface area contributed by atoms with E-state index in [0.29, 0.717) is 11.5 Å². The fourth-order valence-electron chi connectivity index (χ4n) is 2.11. The Morgan fingerprint density at radius 3 is 2.15 bits per heavy atom. The summed E-state index contributed by atoms with van der Waals surface area (Å²) in [5, 5.41) is 0. The third-order valence-corrected chi connectivity index (χ3v) is 6.90. The summed E-state index contributed by atoms with van der Waals surface area (Å²) in [6, 6.07) is 0.116. The van der Waals surface area contributed by atoms with E-state index in [4.69, 9.17) is 18.0 Å². The molecule has 2 N–H and O–H groups in total. The van der Waals surface area contributed by atoms with Crippen LogP contribution in [0.4, 0.5) is 0 Å².